The molecule has 0 fully saturated rings. The van der Waals surface area contributed by atoms with Crippen LogP contribution in [0, 0.1) is 16.2 Å². The second-order valence-corrected chi connectivity index (χ2v) is 3.04. The zero-order valence-electron chi connectivity index (χ0n) is 9.19. The van der Waals surface area contributed by atoms with Crippen molar-refractivity contribution < 1.29 is 0 Å². The number of nitrogens with one attached hydrogen (secondary N) is 3. The van der Waals surface area contributed by atoms with E-state index in [1.54, 1.807) is 0 Å². The first-order valence-corrected chi connectivity index (χ1v) is 4.10. The molecule has 0 aliphatic rings. The lowest BCUT2D eigenvalue weighted by atomic mass is 10.0. The van der Waals surface area contributed by atoms with E-state index in [9.17, 15) is 0 Å². The van der Waals surface area contributed by atoms with Crippen molar-refractivity contribution >= 4 is 54.7 Å². The van der Waals surface area contributed by atoms with E-state index < -0.39 is 0 Å². The molecule has 102 valence electrons. The Hall–Kier alpha value is -1.50. The van der Waals surface area contributed by atoms with E-state index in [1.807, 2.05) is 0 Å². The molecule has 18 heavy (non-hydrogen) atoms. The van der Waals surface area contributed by atoms with E-state index in [4.69, 9.17) is 33.4 Å². The van der Waals surface area contributed by atoms with Crippen molar-refractivity contribution in [3.05, 3.63) is 34.9 Å². The molecule has 0 atom stereocenters. The van der Waals surface area contributed by atoms with Gasteiger partial charge in [0.05, 0.1) is 0 Å². The van der Waals surface area contributed by atoms with Gasteiger partial charge in [-0.3, -0.25) is 16.2 Å². The smallest absolute Gasteiger partial charge is 0.122 e. The zero-order valence-corrected chi connectivity index (χ0v) is 11.6. The highest BCUT2D eigenvalue weighted by Gasteiger charge is 2.06. The van der Waals surface area contributed by atoms with Crippen molar-refractivity contribution in [1.29, 1.82) is 16.2 Å². The average molecular weight is 314 g/mol. The summed E-state index contributed by atoms with van der Waals surface area (Å²) in [5.74, 6) is -0.457. The summed E-state index contributed by atoms with van der Waals surface area (Å²) in [5.41, 5.74) is 17.1. The molecular formula is C9H15Cl3N6. The Bertz CT molecular complexity index is 381. The summed E-state index contributed by atoms with van der Waals surface area (Å²) in [4.78, 5) is 0. The van der Waals surface area contributed by atoms with Crippen molar-refractivity contribution in [3.63, 3.8) is 0 Å². The Balaban J connectivity index is -0.000000750. The summed E-state index contributed by atoms with van der Waals surface area (Å²) in [6.07, 6.45) is 0. The van der Waals surface area contributed by atoms with Crippen molar-refractivity contribution in [2.45, 2.75) is 0 Å². The molecule has 0 bridgehead atoms. The molecule has 0 saturated carbocycles. The normalized spacial score (nSPS) is 8.00. The number of hydrogen-bond acceptors (Lipinski definition) is 3. The fourth-order valence-corrected chi connectivity index (χ4v) is 1.09. The number of nitrogens with two attached hydrogens (primary N) is 3. The number of rotatable bonds is 3. The SMILES string of the molecule is Cl.Cl.Cl.N=C(N)c1cc(C(=N)N)cc(C(=N)N)c1. The maximum Gasteiger partial charge on any atom is 0.122 e. The highest BCUT2D eigenvalue weighted by Crippen LogP contribution is 2.09. The second kappa shape index (κ2) is 8.57. The molecule has 0 amide bonds. The van der Waals surface area contributed by atoms with Gasteiger partial charge in [0.2, 0.25) is 0 Å². The molecule has 0 spiro atoms. The third-order valence-electron chi connectivity index (χ3n) is 1.87. The van der Waals surface area contributed by atoms with Gasteiger partial charge in [-0.15, -0.1) is 37.2 Å². The van der Waals surface area contributed by atoms with E-state index in [1.165, 1.54) is 18.2 Å². The summed E-state index contributed by atoms with van der Waals surface area (Å²) in [7, 11) is 0. The van der Waals surface area contributed by atoms with Crippen LogP contribution in [0.25, 0.3) is 0 Å². The molecule has 1 rings (SSSR count). The Labute approximate surface area is 123 Å². The van der Waals surface area contributed by atoms with Gasteiger partial charge in [-0.2, -0.15) is 0 Å². The van der Waals surface area contributed by atoms with Gasteiger partial charge in [-0.05, 0) is 18.2 Å². The molecule has 1 aromatic carbocycles. The number of nitrogen functional groups attached to an aromatic ring is 3. The predicted octanol–water partition coefficient (Wildman–Crippen LogP) is 0.804. The van der Waals surface area contributed by atoms with Gasteiger partial charge < -0.3 is 17.2 Å². The summed E-state index contributed by atoms with van der Waals surface area (Å²) in [6.45, 7) is 0. The summed E-state index contributed by atoms with van der Waals surface area (Å²) in [6, 6.07) is 4.53. The monoisotopic (exact) mass is 312 g/mol. The van der Waals surface area contributed by atoms with E-state index in [0.717, 1.165) is 0 Å². The van der Waals surface area contributed by atoms with Gasteiger partial charge in [0, 0.05) is 16.7 Å². The van der Waals surface area contributed by atoms with Crippen molar-refractivity contribution in [3.8, 4) is 0 Å². The lowest BCUT2D eigenvalue weighted by molar-refractivity contribution is 1.37. The standard InChI is InChI=1S/C9H12N6.3ClH/c10-7(11)4-1-5(8(12)13)3-6(2-4)9(14)15;;;/h1-3H,(H3,10,11)(H3,12,13)(H3,14,15);3*1H. The number of halogens is 3. The van der Waals surface area contributed by atoms with Crippen LogP contribution in [0.15, 0.2) is 18.2 Å². The summed E-state index contributed by atoms with van der Waals surface area (Å²) < 4.78 is 0. The van der Waals surface area contributed by atoms with E-state index in [0.29, 0.717) is 16.7 Å². The molecule has 9 heteroatoms. The van der Waals surface area contributed by atoms with Crippen LogP contribution in [0.3, 0.4) is 0 Å². The second-order valence-electron chi connectivity index (χ2n) is 3.04. The molecule has 0 unspecified atom stereocenters. The van der Waals surface area contributed by atoms with Crippen molar-refractivity contribution in [1.82, 2.24) is 0 Å². The van der Waals surface area contributed by atoms with E-state index >= 15 is 0 Å². The first kappa shape index (κ1) is 21.8. The van der Waals surface area contributed by atoms with Crippen LogP contribution in [0.2, 0.25) is 0 Å². The van der Waals surface area contributed by atoms with Crippen LogP contribution in [0.5, 0.6) is 0 Å². The minimum atomic E-state index is -0.152. The van der Waals surface area contributed by atoms with Crippen LogP contribution < -0.4 is 17.2 Å². The fraction of sp³-hybridized carbons (Fsp3) is 0. The third kappa shape index (κ3) is 5.22. The third-order valence-corrected chi connectivity index (χ3v) is 1.87. The Kier molecular flexibility index (Phi) is 10.4. The van der Waals surface area contributed by atoms with Gasteiger partial charge in [0.15, 0.2) is 0 Å². The number of benzene rings is 1. The van der Waals surface area contributed by atoms with Crippen LogP contribution >= 0.6 is 37.2 Å². The molecule has 6 nitrogen and oxygen atoms in total. The first-order valence-electron chi connectivity index (χ1n) is 4.10. The molecule has 1 aromatic rings. The zero-order chi connectivity index (χ0) is 11.6. The molecule has 0 saturated heterocycles. The molecule has 0 aromatic heterocycles. The Morgan fingerprint density at radius 3 is 0.889 bits per heavy atom. The lowest BCUT2D eigenvalue weighted by Gasteiger charge is -2.06. The van der Waals surface area contributed by atoms with Gasteiger partial charge in [-0.1, -0.05) is 0 Å². The minimum Gasteiger partial charge on any atom is -0.384 e. The van der Waals surface area contributed by atoms with Crippen LogP contribution in [-0.4, -0.2) is 17.5 Å². The average Bonchev–Trinajstić information content (AvgIpc) is 2.16. The topological polar surface area (TPSA) is 150 Å². The minimum absolute atomic E-state index is 0. The maximum atomic E-state index is 7.27. The molecule has 0 heterocycles. The number of hydrogen-bond donors (Lipinski definition) is 6. The quantitative estimate of drug-likeness (QED) is 0.362. The molecule has 0 radical (unpaired) electrons. The highest BCUT2D eigenvalue weighted by atomic mass is 35.5. The van der Waals surface area contributed by atoms with Crippen molar-refractivity contribution in [2.24, 2.45) is 17.2 Å². The van der Waals surface area contributed by atoms with Gasteiger partial charge >= 0.3 is 0 Å². The lowest BCUT2D eigenvalue weighted by Crippen LogP contribution is -2.19. The van der Waals surface area contributed by atoms with Crippen molar-refractivity contribution in [2.75, 3.05) is 0 Å². The van der Waals surface area contributed by atoms with Gasteiger partial charge in [0.1, 0.15) is 17.5 Å². The summed E-state index contributed by atoms with van der Waals surface area (Å²) in [5, 5.41) is 21.8. The summed E-state index contributed by atoms with van der Waals surface area (Å²) >= 11 is 0. The largest absolute Gasteiger partial charge is 0.384 e. The van der Waals surface area contributed by atoms with Crippen LogP contribution in [0.1, 0.15) is 16.7 Å². The van der Waals surface area contributed by atoms with E-state index in [2.05, 4.69) is 0 Å². The van der Waals surface area contributed by atoms with Gasteiger partial charge in [-0.25, -0.2) is 0 Å². The predicted molar refractivity (Wildman–Crippen MR) is 81.2 cm³/mol. The Morgan fingerprint density at radius 2 is 0.778 bits per heavy atom. The van der Waals surface area contributed by atoms with Crippen LogP contribution in [0.4, 0.5) is 0 Å². The first-order chi connectivity index (χ1) is 6.91. The van der Waals surface area contributed by atoms with E-state index in [-0.39, 0.29) is 54.7 Å². The molecule has 0 aliphatic heterocycles. The maximum absolute atomic E-state index is 7.27. The van der Waals surface area contributed by atoms with Gasteiger partial charge in [0.25, 0.3) is 0 Å². The highest BCUT2D eigenvalue weighted by molar-refractivity contribution is 6.05. The fourth-order valence-electron chi connectivity index (χ4n) is 1.09. The molecule has 0 aliphatic carbocycles. The molecule has 9 N–H and O–H groups in total. The number of amidine groups is 3. The molecular weight excluding hydrogens is 299 g/mol. The Morgan fingerprint density at radius 1 is 0.611 bits per heavy atom. The van der Waals surface area contributed by atoms with Crippen LogP contribution in [-0.2, 0) is 0 Å².